The van der Waals surface area contributed by atoms with E-state index in [9.17, 15) is 9.59 Å². The van der Waals surface area contributed by atoms with Gasteiger partial charge in [0.1, 0.15) is 5.75 Å². The molecule has 0 aliphatic carbocycles. The van der Waals surface area contributed by atoms with Gasteiger partial charge in [-0.25, -0.2) is 5.43 Å². The van der Waals surface area contributed by atoms with E-state index in [2.05, 4.69) is 15.5 Å². The zero-order valence-corrected chi connectivity index (χ0v) is 13.7. The molecule has 6 heteroatoms. The molecule has 0 spiro atoms. The number of hydrazone groups is 1. The van der Waals surface area contributed by atoms with Crippen LogP contribution in [0, 0.1) is 0 Å². The number of fused-ring (bicyclic) bond motifs is 1. The number of carbonyl (C=O) groups is 1. The molecule has 1 heterocycles. The number of rotatable bonds is 5. The average molecular weight is 335 g/mol. The molecule has 0 saturated carbocycles. The molecule has 0 unspecified atom stereocenters. The van der Waals surface area contributed by atoms with Gasteiger partial charge in [-0.3, -0.25) is 9.59 Å². The third-order valence-electron chi connectivity index (χ3n) is 3.58. The van der Waals surface area contributed by atoms with Crippen molar-refractivity contribution in [3.63, 3.8) is 0 Å². The minimum atomic E-state index is -0.364. The van der Waals surface area contributed by atoms with Crippen LogP contribution in [0.3, 0.4) is 0 Å². The number of para-hydroxylation sites is 1. The predicted molar refractivity (Wildman–Crippen MR) is 97.2 cm³/mol. The normalized spacial score (nSPS) is 10.9. The van der Waals surface area contributed by atoms with Gasteiger partial charge in [0.2, 0.25) is 0 Å². The Morgan fingerprint density at radius 2 is 1.96 bits per heavy atom. The van der Waals surface area contributed by atoms with E-state index in [-0.39, 0.29) is 11.5 Å². The van der Waals surface area contributed by atoms with E-state index >= 15 is 0 Å². The van der Waals surface area contributed by atoms with Crippen LogP contribution in [0.2, 0.25) is 0 Å². The van der Waals surface area contributed by atoms with Crippen molar-refractivity contribution in [2.24, 2.45) is 5.10 Å². The van der Waals surface area contributed by atoms with Crippen LogP contribution in [0.25, 0.3) is 10.9 Å². The highest BCUT2D eigenvalue weighted by Gasteiger charge is 2.05. The number of hydrogen-bond acceptors (Lipinski definition) is 4. The third-order valence-corrected chi connectivity index (χ3v) is 3.58. The molecule has 25 heavy (non-hydrogen) atoms. The van der Waals surface area contributed by atoms with Crippen molar-refractivity contribution >= 4 is 23.0 Å². The number of amides is 1. The number of nitrogens with zero attached hydrogens (tertiary/aromatic N) is 1. The summed E-state index contributed by atoms with van der Waals surface area (Å²) in [5, 5.41) is 4.76. The van der Waals surface area contributed by atoms with Crippen LogP contribution >= 0.6 is 0 Å². The summed E-state index contributed by atoms with van der Waals surface area (Å²) in [6, 6.07) is 15.9. The summed E-state index contributed by atoms with van der Waals surface area (Å²) >= 11 is 0. The molecule has 0 radical (unpaired) electrons. The third kappa shape index (κ3) is 3.92. The molecule has 2 aromatic carbocycles. The van der Waals surface area contributed by atoms with Gasteiger partial charge in [-0.05, 0) is 48.7 Å². The van der Waals surface area contributed by atoms with Gasteiger partial charge in [-0.2, -0.15) is 5.10 Å². The second kappa shape index (κ2) is 7.44. The van der Waals surface area contributed by atoms with Crippen molar-refractivity contribution in [1.29, 1.82) is 0 Å². The summed E-state index contributed by atoms with van der Waals surface area (Å²) < 4.78 is 5.33. The quantitative estimate of drug-likeness (QED) is 0.555. The second-order valence-corrected chi connectivity index (χ2v) is 5.30. The summed E-state index contributed by atoms with van der Waals surface area (Å²) in [5.74, 6) is 0.335. The Kier molecular flexibility index (Phi) is 4.89. The van der Waals surface area contributed by atoms with E-state index in [1.807, 2.05) is 31.2 Å². The largest absolute Gasteiger partial charge is 0.494 e. The molecule has 0 saturated heterocycles. The lowest BCUT2D eigenvalue weighted by atomic mass is 10.2. The molecule has 2 N–H and O–H groups in total. The van der Waals surface area contributed by atoms with Gasteiger partial charge in [-0.15, -0.1) is 0 Å². The van der Waals surface area contributed by atoms with Crippen molar-refractivity contribution in [3.05, 3.63) is 76.1 Å². The molecule has 126 valence electrons. The first kappa shape index (κ1) is 16.4. The first-order valence-corrected chi connectivity index (χ1v) is 7.85. The minimum absolute atomic E-state index is 0.266. The van der Waals surface area contributed by atoms with Gasteiger partial charge in [0.15, 0.2) is 0 Å². The smallest absolute Gasteiger partial charge is 0.271 e. The Balaban J connectivity index is 1.71. The van der Waals surface area contributed by atoms with Crippen LogP contribution in [-0.2, 0) is 0 Å². The number of hydrogen-bond donors (Lipinski definition) is 2. The second-order valence-electron chi connectivity index (χ2n) is 5.30. The number of pyridine rings is 1. The summed E-state index contributed by atoms with van der Waals surface area (Å²) in [6.45, 7) is 2.46. The van der Waals surface area contributed by atoms with Crippen LogP contribution in [0.15, 0.2) is 64.5 Å². The summed E-state index contributed by atoms with van der Waals surface area (Å²) in [4.78, 5) is 26.8. The van der Waals surface area contributed by atoms with Crippen molar-refractivity contribution in [2.75, 3.05) is 6.61 Å². The molecule has 0 atom stereocenters. The van der Waals surface area contributed by atoms with Crippen molar-refractivity contribution in [2.45, 2.75) is 6.92 Å². The average Bonchev–Trinajstić information content (AvgIpc) is 2.63. The summed E-state index contributed by atoms with van der Waals surface area (Å²) in [5.41, 5.74) is 3.72. The minimum Gasteiger partial charge on any atom is -0.494 e. The zero-order chi connectivity index (χ0) is 17.6. The molecule has 6 nitrogen and oxygen atoms in total. The highest BCUT2D eigenvalue weighted by atomic mass is 16.5. The van der Waals surface area contributed by atoms with E-state index in [0.29, 0.717) is 23.5 Å². The Bertz CT molecular complexity index is 975. The fourth-order valence-corrected chi connectivity index (χ4v) is 2.35. The lowest BCUT2D eigenvalue weighted by Gasteiger charge is -2.04. The first-order chi connectivity index (χ1) is 12.2. The zero-order valence-electron chi connectivity index (χ0n) is 13.7. The SMILES string of the molecule is CCOc1ccc(C(=O)N/N=C/c2cc3ccccc3[nH]c2=O)cc1. The Labute approximate surface area is 144 Å². The van der Waals surface area contributed by atoms with Crippen LogP contribution in [0.4, 0.5) is 0 Å². The topological polar surface area (TPSA) is 83.5 Å². The number of aromatic amines is 1. The molecular weight excluding hydrogens is 318 g/mol. The van der Waals surface area contributed by atoms with E-state index in [1.54, 1.807) is 30.3 Å². The predicted octanol–water partition coefficient (Wildman–Crippen LogP) is 2.69. The lowest BCUT2D eigenvalue weighted by Crippen LogP contribution is -2.19. The maximum Gasteiger partial charge on any atom is 0.271 e. The monoisotopic (exact) mass is 335 g/mol. The summed E-state index contributed by atoms with van der Waals surface area (Å²) in [7, 11) is 0. The molecule has 3 aromatic rings. The molecule has 0 fully saturated rings. The van der Waals surface area contributed by atoms with E-state index < -0.39 is 0 Å². The number of benzene rings is 2. The van der Waals surface area contributed by atoms with Crippen LogP contribution in [0.5, 0.6) is 5.75 Å². The number of ether oxygens (including phenoxy) is 1. The van der Waals surface area contributed by atoms with Crippen molar-refractivity contribution < 1.29 is 9.53 Å². The van der Waals surface area contributed by atoms with Crippen LogP contribution < -0.4 is 15.7 Å². The standard InChI is InChI=1S/C19H17N3O3/c1-2-25-16-9-7-13(8-10-16)19(24)22-20-12-15-11-14-5-3-4-6-17(14)21-18(15)23/h3-12H,2H2,1H3,(H,21,23)(H,22,24)/b20-12+. The van der Waals surface area contributed by atoms with Gasteiger partial charge < -0.3 is 9.72 Å². The lowest BCUT2D eigenvalue weighted by molar-refractivity contribution is 0.0955. The van der Waals surface area contributed by atoms with Crippen molar-refractivity contribution in [3.8, 4) is 5.75 Å². The molecule has 0 bridgehead atoms. The van der Waals surface area contributed by atoms with Gasteiger partial charge in [0.25, 0.3) is 11.5 Å². The van der Waals surface area contributed by atoms with E-state index in [4.69, 9.17) is 4.74 Å². The number of carbonyl (C=O) groups excluding carboxylic acids is 1. The summed E-state index contributed by atoms with van der Waals surface area (Å²) in [6.07, 6.45) is 1.33. The van der Waals surface area contributed by atoms with Gasteiger partial charge in [-0.1, -0.05) is 18.2 Å². The van der Waals surface area contributed by atoms with Crippen molar-refractivity contribution in [1.82, 2.24) is 10.4 Å². The maximum atomic E-state index is 12.0. The highest BCUT2D eigenvalue weighted by molar-refractivity contribution is 5.95. The molecule has 3 rings (SSSR count). The maximum absolute atomic E-state index is 12.0. The molecule has 0 aliphatic heterocycles. The molecule has 1 amide bonds. The molecule has 1 aromatic heterocycles. The first-order valence-electron chi connectivity index (χ1n) is 7.85. The van der Waals surface area contributed by atoms with E-state index in [0.717, 1.165) is 10.9 Å². The molecule has 0 aliphatic rings. The van der Waals surface area contributed by atoms with E-state index in [1.165, 1.54) is 6.21 Å². The Morgan fingerprint density at radius 3 is 2.72 bits per heavy atom. The van der Waals surface area contributed by atoms with Crippen LogP contribution in [-0.4, -0.2) is 23.7 Å². The number of aromatic nitrogens is 1. The highest BCUT2D eigenvalue weighted by Crippen LogP contribution is 2.12. The number of H-pyrrole nitrogens is 1. The van der Waals surface area contributed by atoms with Gasteiger partial charge in [0, 0.05) is 11.1 Å². The Hall–Kier alpha value is -3.41. The Morgan fingerprint density at radius 1 is 1.20 bits per heavy atom. The fraction of sp³-hybridized carbons (Fsp3) is 0.105. The number of nitrogens with one attached hydrogen (secondary N) is 2. The molecular formula is C19H17N3O3. The van der Waals surface area contributed by atoms with Gasteiger partial charge >= 0.3 is 0 Å². The fourth-order valence-electron chi connectivity index (χ4n) is 2.35. The van der Waals surface area contributed by atoms with Gasteiger partial charge in [0.05, 0.1) is 18.4 Å². The van der Waals surface area contributed by atoms with Crippen LogP contribution in [0.1, 0.15) is 22.8 Å².